The van der Waals surface area contributed by atoms with Crippen molar-refractivity contribution in [2.24, 2.45) is 5.73 Å². The number of benzene rings is 1. The minimum Gasteiger partial charge on any atom is -0.346 e. The molecule has 2 rings (SSSR count). The van der Waals surface area contributed by atoms with Crippen LogP contribution in [0.25, 0.3) is 0 Å². The fourth-order valence-electron chi connectivity index (χ4n) is 2.14. The van der Waals surface area contributed by atoms with Gasteiger partial charge in [-0.25, -0.2) is 0 Å². The van der Waals surface area contributed by atoms with Crippen molar-refractivity contribution in [1.82, 2.24) is 25.9 Å². The Morgan fingerprint density at radius 1 is 1.36 bits per heavy atom. The number of carbonyl (C=O) groups excluding carboxylic acids is 1. The van der Waals surface area contributed by atoms with Crippen molar-refractivity contribution in [3.8, 4) is 0 Å². The number of tetrazole rings is 1. The van der Waals surface area contributed by atoms with Crippen LogP contribution in [-0.2, 0) is 4.79 Å². The van der Waals surface area contributed by atoms with Crippen LogP contribution in [0.15, 0.2) is 30.3 Å². The number of nitrogens with two attached hydrogens (primary N) is 1. The normalized spacial score (nSPS) is 13.0. The molecule has 0 saturated heterocycles. The van der Waals surface area contributed by atoms with Gasteiger partial charge in [0.2, 0.25) is 5.91 Å². The molecule has 0 fully saturated rings. The van der Waals surface area contributed by atoms with E-state index in [0.29, 0.717) is 5.82 Å². The molecule has 0 radical (unpaired) electrons. The van der Waals surface area contributed by atoms with Crippen LogP contribution in [-0.4, -0.2) is 26.5 Å². The van der Waals surface area contributed by atoms with Crippen molar-refractivity contribution in [2.45, 2.75) is 38.3 Å². The number of H-pyrrole nitrogens is 1. The molecule has 2 aromatic rings. The van der Waals surface area contributed by atoms with E-state index in [1.54, 1.807) is 0 Å². The summed E-state index contributed by atoms with van der Waals surface area (Å²) in [7, 11) is 0. The van der Waals surface area contributed by atoms with Gasteiger partial charge >= 0.3 is 0 Å². The first-order valence-electron chi connectivity index (χ1n) is 7.04. The number of aromatic nitrogens is 4. The van der Waals surface area contributed by atoms with Crippen LogP contribution in [0.2, 0.25) is 0 Å². The number of rotatable bonds is 7. The Labute approximate surface area is 135 Å². The highest BCUT2D eigenvalue weighted by molar-refractivity contribution is 5.85. The van der Waals surface area contributed by atoms with E-state index in [1.165, 1.54) is 0 Å². The van der Waals surface area contributed by atoms with Crippen molar-refractivity contribution in [3.05, 3.63) is 41.7 Å². The monoisotopic (exact) mass is 324 g/mol. The maximum Gasteiger partial charge on any atom is 0.222 e. The van der Waals surface area contributed by atoms with E-state index in [0.717, 1.165) is 18.4 Å². The number of hydrogen-bond acceptors (Lipinski definition) is 5. The third-order valence-electron chi connectivity index (χ3n) is 3.22. The average molecular weight is 325 g/mol. The highest BCUT2D eigenvalue weighted by atomic mass is 35.5. The first kappa shape index (κ1) is 18.1. The Balaban J connectivity index is 0.00000242. The van der Waals surface area contributed by atoms with E-state index in [4.69, 9.17) is 5.73 Å². The maximum atomic E-state index is 12.1. The Kier molecular flexibility index (Phi) is 7.48. The third kappa shape index (κ3) is 5.09. The van der Waals surface area contributed by atoms with Gasteiger partial charge in [0, 0.05) is 12.5 Å². The number of nitrogens with one attached hydrogen (secondary N) is 2. The molecule has 1 aromatic heterocycles. The molecule has 1 aromatic carbocycles. The Hall–Kier alpha value is -1.99. The molecule has 22 heavy (non-hydrogen) atoms. The highest BCUT2D eigenvalue weighted by Crippen LogP contribution is 2.16. The predicted molar refractivity (Wildman–Crippen MR) is 85.2 cm³/mol. The topological polar surface area (TPSA) is 110 Å². The number of carbonyl (C=O) groups is 1. The average Bonchev–Trinajstić information content (AvgIpc) is 3.02. The van der Waals surface area contributed by atoms with E-state index in [1.807, 2.05) is 37.3 Å². The lowest BCUT2D eigenvalue weighted by atomic mass is 10.0. The molecule has 7 nitrogen and oxygen atoms in total. The van der Waals surface area contributed by atoms with Crippen LogP contribution in [0.3, 0.4) is 0 Å². The standard InChI is InChI=1S/C14H20N6O.ClH/c1-2-6-12(14-17-19-20-18-14)16-13(21)9-11(15)10-7-4-3-5-8-10;/h3-5,7-8,11-12H,2,6,9,15H2,1H3,(H,16,21)(H,17,18,19,20);1H. The van der Waals surface area contributed by atoms with Gasteiger partial charge in [-0.15, -0.1) is 22.6 Å². The zero-order valence-corrected chi connectivity index (χ0v) is 13.2. The summed E-state index contributed by atoms with van der Waals surface area (Å²) in [6.45, 7) is 2.04. The van der Waals surface area contributed by atoms with Crippen molar-refractivity contribution in [1.29, 1.82) is 0 Å². The predicted octanol–water partition coefficient (Wildman–Crippen LogP) is 1.67. The third-order valence-corrected chi connectivity index (χ3v) is 3.22. The second kappa shape index (κ2) is 9.11. The first-order chi connectivity index (χ1) is 10.2. The van der Waals surface area contributed by atoms with Gasteiger partial charge in [-0.05, 0) is 12.0 Å². The summed E-state index contributed by atoms with van der Waals surface area (Å²) in [5.41, 5.74) is 7.00. The summed E-state index contributed by atoms with van der Waals surface area (Å²) in [5.74, 6) is 0.382. The van der Waals surface area contributed by atoms with Gasteiger partial charge in [0.05, 0.1) is 6.04 Å². The minimum absolute atomic E-state index is 0. The molecule has 0 aliphatic carbocycles. The van der Waals surface area contributed by atoms with E-state index in [9.17, 15) is 4.79 Å². The van der Waals surface area contributed by atoms with Gasteiger partial charge in [-0.2, -0.15) is 5.21 Å². The van der Waals surface area contributed by atoms with Crippen molar-refractivity contribution in [3.63, 3.8) is 0 Å². The van der Waals surface area contributed by atoms with Crippen molar-refractivity contribution in [2.75, 3.05) is 0 Å². The second-order valence-electron chi connectivity index (χ2n) is 4.90. The quantitative estimate of drug-likeness (QED) is 0.717. The van der Waals surface area contributed by atoms with Crippen molar-refractivity contribution >= 4 is 18.3 Å². The molecule has 8 heteroatoms. The Morgan fingerprint density at radius 2 is 2.09 bits per heavy atom. The molecule has 0 spiro atoms. The van der Waals surface area contributed by atoms with Crippen LogP contribution in [0.5, 0.6) is 0 Å². The zero-order chi connectivity index (χ0) is 15.1. The fraction of sp³-hybridized carbons (Fsp3) is 0.429. The van der Waals surface area contributed by atoms with Gasteiger partial charge in [0.25, 0.3) is 0 Å². The number of hydrogen-bond donors (Lipinski definition) is 3. The number of nitrogens with zero attached hydrogens (tertiary/aromatic N) is 3. The Morgan fingerprint density at radius 3 is 2.68 bits per heavy atom. The molecular formula is C14H21ClN6O. The number of halogens is 1. The molecule has 0 aliphatic rings. The minimum atomic E-state index is -0.321. The lowest BCUT2D eigenvalue weighted by molar-refractivity contribution is -0.122. The van der Waals surface area contributed by atoms with Crippen LogP contribution >= 0.6 is 12.4 Å². The van der Waals surface area contributed by atoms with E-state index in [2.05, 4.69) is 25.9 Å². The summed E-state index contributed by atoms with van der Waals surface area (Å²) in [6.07, 6.45) is 1.89. The van der Waals surface area contributed by atoms with Gasteiger partial charge in [0.1, 0.15) is 0 Å². The summed E-state index contributed by atoms with van der Waals surface area (Å²) >= 11 is 0. The molecule has 2 unspecified atom stereocenters. The second-order valence-corrected chi connectivity index (χ2v) is 4.90. The molecular weight excluding hydrogens is 304 g/mol. The van der Waals surface area contributed by atoms with Crippen LogP contribution in [0, 0.1) is 0 Å². The molecule has 120 valence electrons. The van der Waals surface area contributed by atoms with Gasteiger partial charge in [-0.1, -0.05) is 48.9 Å². The molecule has 1 amide bonds. The summed E-state index contributed by atoms with van der Waals surface area (Å²) < 4.78 is 0. The van der Waals surface area contributed by atoms with E-state index < -0.39 is 0 Å². The van der Waals surface area contributed by atoms with Crippen molar-refractivity contribution < 1.29 is 4.79 Å². The zero-order valence-electron chi connectivity index (χ0n) is 12.4. The van der Waals surface area contributed by atoms with Gasteiger partial charge in [0.15, 0.2) is 5.82 Å². The smallest absolute Gasteiger partial charge is 0.222 e. The number of aromatic amines is 1. The van der Waals surface area contributed by atoms with Crippen LogP contribution in [0.1, 0.15) is 49.7 Å². The Bertz CT molecular complexity index is 548. The lowest BCUT2D eigenvalue weighted by Crippen LogP contribution is -2.31. The van der Waals surface area contributed by atoms with E-state index >= 15 is 0 Å². The molecule has 4 N–H and O–H groups in total. The molecule has 1 heterocycles. The molecule has 2 atom stereocenters. The largest absolute Gasteiger partial charge is 0.346 e. The summed E-state index contributed by atoms with van der Waals surface area (Å²) in [5, 5.41) is 16.7. The van der Waals surface area contributed by atoms with E-state index in [-0.39, 0.29) is 36.8 Å². The van der Waals surface area contributed by atoms with Gasteiger partial charge < -0.3 is 11.1 Å². The highest BCUT2D eigenvalue weighted by Gasteiger charge is 2.19. The lowest BCUT2D eigenvalue weighted by Gasteiger charge is -2.17. The molecule has 0 saturated carbocycles. The number of amides is 1. The maximum absolute atomic E-state index is 12.1. The summed E-state index contributed by atoms with van der Waals surface area (Å²) in [4.78, 5) is 12.1. The fourth-order valence-corrected chi connectivity index (χ4v) is 2.14. The molecule has 0 bridgehead atoms. The molecule has 0 aliphatic heterocycles. The summed E-state index contributed by atoms with van der Waals surface area (Å²) in [6, 6.07) is 9.02. The SMILES string of the molecule is CCCC(NC(=O)CC(N)c1ccccc1)c1nn[nH]n1.Cl. The van der Waals surface area contributed by atoms with Crippen LogP contribution in [0.4, 0.5) is 0 Å². The van der Waals surface area contributed by atoms with Crippen LogP contribution < -0.4 is 11.1 Å². The first-order valence-corrected chi connectivity index (χ1v) is 7.04. The van der Waals surface area contributed by atoms with Gasteiger partial charge in [-0.3, -0.25) is 4.79 Å².